The maximum Gasteiger partial charge on any atom is 0.494 e. The molecule has 3 heterocycles. The standard InChI is InChI=1S/C27H33B2N3O4/c1-24(2)25(3,4)34-28(33-24)20-13-9-18(10-14-20)22-30-17-31-23(32-22)19-11-15-21(16-12-19)29-35-26(5,6)27(7,8)36-29/h9-17H,1-8H3. The van der Waals surface area contributed by atoms with E-state index in [1.807, 2.05) is 48.5 Å². The van der Waals surface area contributed by atoms with Crippen molar-refractivity contribution in [2.75, 3.05) is 0 Å². The molecule has 0 amide bonds. The number of hydrogen-bond donors (Lipinski definition) is 0. The molecule has 2 aliphatic heterocycles. The van der Waals surface area contributed by atoms with Crippen LogP contribution >= 0.6 is 0 Å². The van der Waals surface area contributed by atoms with Gasteiger partial charge in [0.25, 0.3) is 0 Å². The van der Waals surface area contributed by atoms with E-state index in [-0.39, 0.29) is 22.4 Å². The first-order valence-electron chi connectivity index (χ1n) is 12.4. The van der Waals surface area contributed by atoms with Gasteiger partial charge in [0.15, 0.2) is 11.6 Å². The number of hydrogen-bond acceptors (Lipinski definition) is 7. The number of nitrogens with zero attached hydrogens (tertiary/aromatic N) is 3. The molecule has 1 aromatic heterocycles. The Kier molecular flexibility index (Phi) is 5.91. The van der Waals surface area contributed by atoms with Gasteiger partial charge in [-0.15, -0.1) is 0 Å². The molecule has 0 radical (unpaired) electrons. The Bertz CT molecular complexity index is 1130. The van der Waals surface area contributed by atoms with Gasteiger partial charge in [0.2, 0.25) is 0 Å². The van der Waals surface area contributed by atoms with E-state index in [9.17, 15) is 0 Å². The summed E-state index contributed by atoms with van der Waals surface area (Å²) < 4.78 is 24.6. The number of benzene rings is 2. The molecular weight excluding hydrogens is 452 g/mol. The minimum absolute atomic E-state index is 0.378. The normalized spacial score (nSPS) is 21.7. The van der Waals surface area contributed by atoms with E-state index in [2.05, 4.69) is 65.4 Å². The summed E-state index contributed by atoms with van der Waals surface area (Å²) in [5.74, 6) is 1.21. The molecule has 5 rings (SSSR count). The molecular formula is C27H33B2N3O4. The fourth-order valence-corrected chi connectivity index (χ4v) is 4.11. The van der Waals surface area contributed by atoms with Crippen LogP contribution in [0.5, 0.6) is 0 Å². The summed E-state index contributed by atoms with van der Waals surface area (Å²) in [6.07, 6.45) is 1.54. The minimum atomic E-state index is -0.402. The van der Waals surface area contributed by atoms with E-state index in [0.29, 0.717) is 11.6 Å². The summed E-state index contributed by atoms with van der Waals surface area (Å²) in [5, 5.41) is 0. The van der Waals surface area contributed by atoms with E-state index in [1.54, 1.807) is 6.33 Å². The first-order valence-corrected chi connectivity index (χ1v) is 12.4. The summed E-state index contributed by atoms with van der Waals surface area (Å²) in [6, 6.07) is 15.9. The maximum absolute atomic E-state index is 6.16. The van der Waals surface area contributed by atoms with Crippen LogP contribution in [0.15, 0.2) is 54.9 Å². The van der Waals surface area contributed by atoms with E-state index in [4.69, 9.17) is 23.6 Å². The molecule has 0 N–H and O–H groups in total. The second kappa shape index (κ2) is 8.48. The fourth-order valence-electron chi connectivity index (χ4n) is 4.11. The fraction of sp³-hybridized carbons (Fsp3) is 0.444. The van der Waals surface area contributed by atoms with Crippen molar-refractivity contribution in [1.82, 2.24) is 15.0 Å². The van der Waals surface area contributed by atoms with Crippen LogP contribution in [0, 0.1) is 0 Å². The van der Waals surface area contributed by atoms with Crippen LogP contribution in [0.25, 0.3) is 22.8 Å². The van der Waals surface area contributed by atoms with Crippen LogP contribution in [0.4, 0.5) is 0 Å². The Morgan fingerprint density at radius 3 is 1.11 bits per heavy atom. The molecule has 0 bridgehead atoms. The molecule has 0 atom stereocenters. The molecule has 186 valence electrons. The lowest BCUT2D eigenvalue weighted by molar-refractivity contribution is 0.00578. The molecule has 36 heavy (non-hydrogen) atoms. The summed E-state index contributed by atoms with van der Waals surface area (Å²) in [7, 11) is -0.805. The van der Waals surface area contributed by atoms with Gasteiger partial charge in [0.1, 0.15) is 6.33 Å². The van der Waals surface area contributed by atoms with Crippen LogP contribution in [0.3, 0.4) is 0 Å². The number of aromatic nitrogens is 3. The van der Waals surface area contributed by atoms with Crippen molar-refractivity contribution in [2.45, 2.75) is 77.8 Å². The zero-order valence-corrected chi connectivity index (χ0v) is 22.3. The molecule has 3 aromatic rings. The highest BCUT2D eigenvalue weighted by Gasteiger charge is 2.52. The molecule has 0 unspecified atom stereocenters. The van der Waals surface area contributed by atoms with Crippen LogP contribution in [0.2, 0.25) is 0 Å². The highest BCUT2D eigenvalue weighted by Crippen LogP contribution is 2.37. The predicted octanol–water partition coefficient (Wildman–Crippen LogP) is 3.80. The van der Waals surface area contributed by atoms with E-state index < -0.39 is 14.2 Å². The molecule has 2 aromatic carbocycles. The van der Waals surface area contributed by atoms with Crippen LogP contribution in [-0.4, -0.2) is 51.6 Å². The lowest BCUT2D eigenvalue weighted by Gasteiger charge is -2.32. The van der Waals surface area contributed by atoms with E-state index in [1.165, 1.54) is 0 Å². The Balaban J connectivity index is 1.33. The molecule has 0 saturated carbocycles. The van der Waals surface area contributed by atoms with E-state index >= 15 is 0 Å². The third kappa shape index (κ3) is 4.39. The summed E-state index contributed by atoms with van der Waals surface area (Å²) in [5.41, 5.74) is 2.21. The first-order chi connectivity index (χ1) is 16.8. The smallest absolute Gasteiger partial charge is 0.399 e. The Morgan fingerprint density at radius 1 is 0.500 bits per heavy atom. The second-order valence-corrected chi connectivity index (χ2v) is 11.6. The minimum Gasteiger partial charge on any atom is -0.399 e. The van der Waals surface area contributed by atoms with Crippen LogP contribution in [0.1, 0.15) is 55.4 Å². The number of rotatable bonds is 4. The predicted molar refractivity (Wildman–Crippen MR) is 142 cm³/mol. The van der Waals surface area contributed by atoms with Crippen LogP contribution < -0.4 is 10.9 Å². The Morgan fingerprint density at radius 2 is 0.806 bits per heavy atom. The van der Waals surface area contributed by atoms with E-state index in [0.717, 1.165) is 22.1 Å². The van der Waals surface area contributed by atoms with Gasteiger partial charge in [-0.05, 0) is 66.3 Å². The largest absolute Gasteiger partial charge is 0.494 e. The first kappa shape index (κ1) is 25.1. The van der Waals surface area contributed by atoms with Crippen molar-refractivity contribution < 1.29 is 18.6 Å². The van der Waals surface area contributed by atoms with Gasteiger partial charge in [-0.3, -0.25) is 0 Å². The van der Waals surface area contributed by atoms with Gasteiger partial charge in [-0.25, -0.2) is 15.0 Å². The SMILES string of the molecule is CC1(C)OB(c2ccc(-c3ncnc(-c4ccc(B5OC(C)(C)C(C)(C)O5)cc4)n3)cc2)OC1(C)C. The van der Waals surface area contributed by atoms with Gasteiger partial charge in [-0.1, -0.05) is 48.5 Å². The van der Waals surface area contributed by atoms with Gasteiger partial charge in [0.05, 0.1) is 22.4 Å². The average Bonchev–Trinajstić information content (AvgIpc) is 3.19. The summed E-state index contributed by atoms with van der Waals surface area (Å²) in [4.78, 5) is 13.5. The van der Waals surface area contributed by atoms with Crippen molar-refractivity contribution >= 4 is 25.2 Å². The van der Waals surface area contributed by atoms with Gasteiger partial charge < -0.3 is 18.6 Å². The average molecular weight is 485 g/mol. The third-order valence-electron chi connectivity index (χ3n) is 7.96. The maximum atomic E-state index is 6.16. The molecule has 2 saturated heterocycles. The van der Waals surface area contributed by atoms with Crippen molar-refractivity contribution in [3.05, 3.63) is 54.9 Å². The lowest BCUT2D eigenvalue weighted by atomic mass is 9.79. The molecule has 2 fully saturated rings. The molecule has 7 nitrogen and oxygen atoms in total. The zero-order valence-electron chi connectivity index (χ0n) is 22.3. The van der Waals surface area contributed by atoms with Gasteiger partial charge >= 0.3 is 14.2 Å². The Hall–Kier alpha value is -2.58. The topological polar surface area (TPSA) is 75.6 Å². The van der Waals surface area contributed by atoms with Crippen LogP contribution in [-0.2, 0) is 18.6 Å². The third-order valence-corrected chi connectivity index (χ3v) is 7.96. The molecule has 2 aliphatic rings. The van der Waals surface area contributed by atoms with Gasteiger partial charge in [-0.2, -0.15) is 0 Å². The van der Waals surface area contributed by atoms with Crippen molar-refractivity contribution in [1.29, 1.82) is 0 Å². The van der Waals surface area contributed by atoms with Crippen molar-refractivity contribution in [3.8, 4) is 22.8 Å². The highest BCUT2D eigenvalue weighted by atomic mass is 16.7. The second-order valence-electron chi connectivity index (χ2n) is 11.6. The molecule has 9 heteroatoms. The summed E-state index contributed by atoms with van der Waals surface area (Å²) >= 11 is 0. The quantitative estimate of drug-likeness (QED) is 0.521. The monoisotopic (exact) mass is 485 g/mol. The van der Waals surface area contributed by atoms with Gasteiger partial charge in [0, 0.05) is 11.1 Å². The van der Waals surface area contributed by atoms with Crippen molar-refractivity contribution in [2.24, 2.45) is 0 Å². The van der Waals surface area contributed by atoms with Crippen molar-refractivity contribution in [3.63, 3.8) is 0 Å². The zero-order chi connectivity index (χ0) is 25.9. The highest BCUT2D eigenvalue weighted by molar-refractivity contribution is 6.62. The lowest BCUT2D eigenvalue weighted by Crippen LogP contribution is -2.41. The summed E-state index contributed by atoms with van der Waals surface area (Å²) in [6.45, 7) is 16.4. The molecule has 0 aliphatic carbocycles. The Labute approximate surface area is 214 Å². The molecule has 0 spiro atoms.